The summed E-state index contributed by atoms with van der Waals surface area (Å²) in [6, 6.07) is 14.3. The minimum absolute atomic E-state index is 0.0725. The zero-order valence-corrected chi connectivity index (χ0v) is 19.4. The maximum atomic E-state index is 13.0. The van der Waals surface area contributed by atoms with Gasteiger partial charge >= 0.3 is 6.09 Å². The molecular formula is C25H30N4O5. The van der Waals surface area contributed by atoms with E-state index in [0.29, 0.717) is 22.9 Å². The highest BCUT2D eigenvalue weighted by atomic mass is 16.5. The summed E-state index contributed by atoms with van der Waals surface area (Å²) in [5.74, 6) is 0.538. The van der Waals surface area contributed by atoms with Gasteiger partial charge in [-0.2, -0.15) is 0 Å². The first-order chi connectivity index (χ1) is 16.5. The van der Waals surface area contributed by atoms with Crippen LogP contribution in [0.25, 0.3) is 0 Å². The van der Waals surface area contributed by atoms with Crippen molar-refractivity contribution in [3.05, 3.63) is 48.5 Å². The van der Waals surface area contributed by atoms with Crippen LogP contribution in [0.1, 0.15) is 45.4 Å². The van der Waals surface area contributed by atoms with Crippen molar-refractivity contribution >= 4 is 35.2 Å². The number of methoxy groups -OCH3 is 1. The summed E-state index contributed by atoms with van der Waals surface area (Å²) in [5.41, 5.74) is 0.742. The fraction of sp³-hybridized carbons (Fsp3) is 0.360. The summed E-state index contributed by atoms with van der Waals surface area (Å²) in [4.78, 5) is 41.0. The van der Waals surface area contributed by atoms with Crippen molar-refractivity contribution in [2.24, 2.45) is 10.9 Å². The van der Waals surface area contributed by atoms with E-state index in [1.54, 1.807) is 25.1 Å². The number of ether oxygens (including phenoxy) is 2. The van der Waals surface area contributed by atoms with E-state index < -0.39 is 6.09 Å². The Kier molecular flexibility index (Phi) is 9.02. The molecule has 0 aliphatic heterocycles. The van der Waals surface area contributed by atoms with Crippen LogP contribution in [0.15, 0.2) is 53.5 Å². The van der Waals surface area contributed by atoms with E-state index in [1.165, 1.54) is 7.11 Å². The highest BCUT2D eigenvalue weighted by Gasteiger charge is 2.22. The number of hydrogen-bond acceptors (Lipinski definition) is 6. The van der Waals surface area contributed by atoms with Gasteiger partial charge in [-0.05, 0) is 37.1 Å². The molecule has 1 aliphatic rings. The lowest BCUT2D eigenvalue weighted by atomic mass is 9.88. The summed E-state index contributed by atoms with van der Waals surface area (Å²) in [6.07, 6.45) is 4.27. The van der Waals surface area contributed by atoms with Crippen LogP contribution in [0.2, 0.25) is 0 Å². The van der Waals surface area contributed by atoms with Crippen molar-refractivity contribution in [1.29, 1.82) is 0 Å². The Labute approximate surface area is 198 Å². The molecule has 3 rings (SSSR count). The van der Waals surface area contributed by atoms with Gasteiger partial charge in [-0.15, -0.1) is 0 Å². The van der Waals surface area contributed by atoms with E-state index >= 15 is 0 Å². The number of rotatable bonds is 6. The third-order valence-corrected chi connectivity index (χ3v) is 5.40. The zero-order valence-electron chi connectivity index (χ0n) is 19.4. The smallest absolute Gasteiger partial charge is 0.413 e. The van der Waals surface area contributed by atoms with Crippen LogP contribution in [0.3, 0.4) is 0 Å². The van der Waals surface area contributed by atoms with Crippen LogP contribution in [0.5, 0.6) is 11.5 Å². The Bertz CT molecular complexity index is 1010. The number of amides is 3. The molecule has 0 aromatic heterocycles. The Morgan fingerprint density at radius 3 is 2.38 bits per heavy atom. The SMILES string of the molecule is CCC(=O)NC(=Nc1ccc(Oc2ccccc2)cc1NC(=O)C1CCCCC1)NC(=O)OC. The molecule has 0 spiro atoms. The average molecular weight is 467 g/mol. The van der Waals surface area contributed by atoms with Crippen LogP contribution >= 0.6 is 0 Å². The van der Waals surface area contributed by atoms with Crippen LogP contribution in [-0.4, -0.2) is 31.0 Å². The van der Waals surface area contributed by atoms with Gasteiger partial charge < -0.3 is 14.8 Å². The van der Waals surface area contributed by atoms with Gasteiger partial charge in [-0.1, -0.05) is 44.4 Å². The second-order valence-electron chi connectivity index (χ2n) is 7.90. The molecule has 9 heteroatoms. The van der Waals surface area contributed by atoms with Crippen LogP contribution < -0.4 is 20.7 Å². The van der Waals surface area contributed by atoms with Crippen LogP contribution in [0.4, 0.5) is 16.2 Å². The van der Waals surface area contributed by atoms with Crippen LogP contribution in [-0.2, 0) is 14.3 Å². The van der Waals surface area contributed by atoms with Gasteiger partial charge in [0.15, 0.2) is 0 Å². The van der Waals surface area contributed by atoms with Crippen molar-refractivity contribution < 1.29 is 23.9 Å². The van der Waals surface area contributed by atoms with E-state index in [0.717, 1.165) is 32.1 Å². The normalized spacial score (nSPS) is 14.1. The first-order valence-electron chi connectivity index (χ1n) is 11.4. The minimum atomic E-state index is -0.785. The summed E-state index contributed by atoms with van der Waals surface area (Å²) in [7, 11) is 1.21. The molecule has 0 saturated heterocycles. The van der Waals surface area contributed by atoms with Gasteiger partial charge in [0.05, 0.1) is 18.5 Å². The molecule has 9 nitrogen and oxygen atoms in total. The molecule has 0 bridgehead atoms. The number of aliphatic imine (C=N–C) groups is 1. The van der Waals surface area contributed by atoms with Gasteiger partial charge in [0, 0.05) is 18.4 Å². The largest absolute Gasteiger partial charge is 0.457 e. The van der Waals surface area contributed by atoms with Crippen molar-refractivity contribution in [3.63, 3.8) is 0 Å². The maximum Gasteiger partial charge on any atom is 0.413 e. The molecule has 0 heterocycles. The maximum absolute atomic E-state index is 13.0. The fourth-order valence-electron chi connectivity index (χ4n) is 3.58. The Morgan fingerprint density at radius 2 is 1.71 bits per heavy atom. The van der Waals surface area contributed by atoms with Gasteiger partial charge in [-0.25, -0.2) is 9.79 Å². The number of guanidine groups is 1. The first kappa shape index (κ1) is 24.8. The van der Waals surface area contributed by atoms with E-state index in [4.69, 9.17) is 4.74 Å². The molecule has 1 aliphatic carbocycles. The summed E-state index contributed by atoms with van der Waals surface area (Å²) >= 11 is 0. The number of hydrogen-bond donors (Lipinski definition) is 3. The molecule has 1 fully saturated rings. The van der Waals surface area contributed by atoms with Gasteiger partial charge in [0.2, 0.25) is 17.8 Å². The number of para-hydroxylation sites is 1. The molecule has 3 N–H and O–H groups in total. The van der Waals surface area contributed by atoms with E-state index in [1.807, 2.05) is 30.3 Å². The molecule has 0 unspecified atom stereocenters. The van der Waals surface area contributed by atoms with E-state index in [-0.39, 0.29) is 30.1 Å². The number of nitrogens with zero attached hydrogens (tertiary/aromatic N) is 1. The Morgan fingerprint density at radius 1 is 0.971 bits per heavy atom. The monoisotopic (exact) mass is 466 g/mol. The lowest BCUT2D eigenvalue weighted by molar-refractivity contribution is -0.121. The summed E-state index contributed by atoms with van der Waals surface area (Å²) in [6.45, 7) is 1.68. The molecule has 0 atom stereocenters. The van der Waals surface area contributed by atoms with E-state index in [9.17, 15) is 14.4 Å². The first-order valence-corrected chi connectivity index (χ1v) is 11.4. The number of nitrogens with one attached hydrogen (secondary N) is 3. The van der Waals surface area contributed by atoms with Crippen molar-refractivity contribution in [2.45, 2.75) is 45.4 Å². The molecule has 2 aromatic rings. The second-order valence-corrected chi connectivity index (χ2v) is 7.90. The Balaban J connectivity index is 1.93. The van der Waals surface area contributed by atoms with Gasteiger partial charge in [0.1, 0.15) is 11.5 Å². The lowest BCUT2D eigenvalue weighted by Gasteiger charge is -2.21. The number of anilines is 1. The number of carbonyl (C=O) groups is 3. The van der Waals surface area contributed by atoms with Gasteiger partial charge in [-0.3, -0.25) is 20.2 Å². The van der Waals surface area contributed by atoms with Crippen LogP contribution in [0, 0.1) is 5.92 Å². The lowest BCUT2D eigenvalue weighted by Crippen LogP contribution is -2.43. The quantitative estimate of drug-likeness (QED) is 0.415. The van der Waals surface area contributed by atoms with Crippen molar-refractivity contribution in [1.82, 2.24) is 10.6 Å². The minimum Gasteiger partial charge on any atom is -0.457 e. The van der Waals surface area contributed by atoms with E-state index in [2.05, 4.69) is 25.7 Å². The number of benzene rings is 2. The zero-order chi connectivity index (χ0) is 24.3. The highest BCUT2D eigenvalue weighted by Crippen LogP contribution is 2.33. The number of alkyl carbamates (subject to hydrolysis) is 1. The third kappa shape index (κ3) is 7.33. The van der Waals surface area contributed by atoms with Crippen molar-refractivity contribution in [2.75, 3.05) is 12.4 Å². The average Bonchev–Trinajstić information content (AvgIpc) is 2.86. The predicted octanol–water partition coefficient (Wildman–Crippen LogP) is 4.87. The molecular weight excluding hydrogens is 436 g/mol. The van der Waals surface area contributed by atoms with Crippen molar-refractivity contribution in [3.8, 4) is 11.5 Å². The molecule has 180 valence electrons. The second kappa shape index (κ2) is 12.4. The Hall–Kier alpha value is -3.88. The number of carbonyl (C=O) groups excluding carboxylic acids is 3. The fourth-order valence-corrected chi connectivity index (χ4v) is 3.58. The molecule has 34 heavy (non-hydrogen) atoms. The topological polar surface area (TPSA) is 118 Å². The molecule has 2 aromatic carbocycles. The summed E-state index contributed by atoms with van der Waals surface area (Å²) in [5, 5.41) is 7.89. The predicted molar refractivity (Wildman–Crippen MR) is 129 cm³/mol. The molecule has 1 saturated carbocycles. The van der Waals surface area contributed by atoms with Gasteiger partial charge in [0.25, 0.3) is 0 Å². The molecule has 0 radical (unpaired) electrons. The molecule has 3 amide bonds. The standard InChI is InChI=1S/C25H30N4O5/c1-3-22(30)28-24(29-25(32)33-2)27-20-15-14-19(34-18-12-8-5-9-13-18)16-21(20)26-23(31)17-10-6-4-7-11-17/h5,8-9,12-17H,3-4,6-7,10-11H2,1-2H3,(H,26,31)(H2,27,28,29,30,32). The third-order valence-electron chi connectivity index (χ3n) is 5.40. The summed E-state index contributed by atoms with van der Waals surface area (Å²) < 4.78 is 10.5. The highest BCUT2D eigenvalue weighted by molar-refractivity contribution is 6.05.